The van der Waals surface area contributed by atoms with Gasteiger partial charge in [-0.2, -0.15) is 0 Å². The molecule has 0 bridgehead atoms. The monoisotopic (exact) mass is 314 g/mol. The molecule has 1 amide bonds. The molecule has 1 aromatic carbocycles. The Morgan fingerprint density at radius 2 is 2.11 bits per heavy atom. The Morgan fingerprint density at radius 3 is 2.72 bits per heavy atom. The maximum atomic E-state index is 13.4. The van der Waals surface area contributed by atoms with Gasteiger partial charge in [-0.1, -0.05) is 0 Å². The summed E-state index contributed by atoms with van der Waals surface area (Å²) in [5, 5.41) is 6.25. The molecule has 0 aromatic heterocycles. The predicted molar refractivity (Wildman–Crippen MR) is 72.1 cm³/mol. The zero-order valence-corrected chi connectivity index (χ0v) is 11.8. The first-order chi connectivity index (χ1) is 8.50. The van der Waals surface area contributed by atoms with E-state index in [-0.39, 0.29) is 11.4 Å². The third kappa shape index (κ3) is 3.09. The van der Waals surface area contributed by atoms with E-state index in [0.29, 0.717) is 10.0 Å². The Kier molecular flexibility index (Phi) is 4.02. The largest absolute Gasteiger partial charge is 0.347 e. The summed E-state index contributed by atoms with van der Waals surface area (Å²) in [6, 6.07) is 4.42. The van der Waals surface area contributed by atoms with Crippen LogP contribution in [-0.4, -0.2) is 24.5 Å². The maximum Gasteiger partial charge on any atom is 0.251 e. The van der Waals surface area contributed by atoms with Gasteiger partial charge in [0, 0.05) is 11.1 Å². The van der Waals surface area contributed by atoms with E-state index < -0.39 is 5.82 Å². The van der Waals surface area contributed by atoms with Crippen LogP contribution in [0.5, 0.6) is 0 Å². The number of halogens is 2. The molecule has 18 heavy (non-hydrogen) atoms. The molecule has 0 atom stereocenters. The van der Waals surface area contributed by atoms with Gasteiger partial charge in [0.1, 0.15) is 5.82 Å². The van der Waals surface area contributed by atoms with Gasteiger partial charge in [0.05, 0.1) is 4.47 Å². The molecule has 2 rings (SSSR count). The highest BCUT2D eigenvalue weighted by molar-refractivity contribution is 9.10. The van der Waals surface area contributed by atoms with Crippen molar-refractivity contribution in [3.05, 3.63) is 34.1 Å². The standard InChI is InChI=1S/C13H16BrFN2O/c1-13(4-6-16-7-5-13)17-12(18)9-2-3-10(14)11(15)8-9/h2-3,8,16H,4-7H2,1H3,(H,17,18). The summed E-state index contributed by atoms with van der Waals surface area (Å²) in [6.45, 7) is 3.82. The summed E-state index contributed by atoms with van der Waals surface area (Å²) in [4.78, 5) is 12.1. The zero-order valence-electron chi connectivity index (χ0n) is 10.2. The molecule has 5 heteroatoms. The number of nitrogens with one attached hydrogen (secondary N) is 2. The summed E-state index contributed by atoms with van der Waals surface area (Å²) < 4.78 is 13.7. The Balaban J connectivity index is 2.09. The quantitative estimate of drug-likeness (QED) is 0.880. The van der Waals surface area contributed by atoms with Crippen LogP contribution in [0.3, 0.4) is 0 Å². The Labute approximate surface area is 114 Å². The molecular formula is C13H16BrFN2O. The maximum absolute atomic E-state index is 13.4. The van der Waals surface area contributed by atoms with Crippen LogP contribution < -0.4 is 10.6 Å². The number of rotatable bonds is 2. The van der Waals surface area contributed by atoms with E-state index in [1.165, 1.54) is 6.07 Å². The van der Waals surface area contributed by atoms with Crippen molar-refractivity contribution in [3.8, 4) is 0 Å². The predicted octanol–water partition coefficient (Wildman–Crippen LogP) is 2.46. The highest BCUT2D eigenvalue weighted by atomic mass is 79.9. The normalized spacial score (nSPS) is 18.4. The second-order valence-electron chi connectivity index (χ2n) is 4.89. The molecule has 1 aromatic rings. The van der Waals surface area contributed by atoms with E-state index >= 15 is 0 Å². The van der Waals surface area contributed by atoms with E-state index in [1.54, 1.807) is 12.1 Å². The first kappa shape index (κ1) is 13.5. The molecule has 3 nitrogen and oxygen atoms in total. The molecular weight excluding hydrogens is 299 g/mol. The second kappa shape index (κ2) is 5.36. The fraction of sp³-hybridized carbons (Fsp3) is 0.462. The van der Waals surface area contributed by atoms with Crippen molar-refractivity contribution in [2.75, 3.05) is 13.1 Å². The minimum atomic E-state index is -0.418. The van der Waals surface area contributed by atoms with Crippen molar-refractivity contribution in [1.82, 2.24) is 10.6 Å². The van der Waals surface area contributed by atoms with Gasteiger partial charge in [0.15, 0.2) is 0 Å². The van der Waals surface area contributed by atoms with Crippen molar-refractivity contribution in [3.63, 3.8) is 0 Å². The van der Waals surface area contributed by atoms with Gasteiger partial charge in [-0.3, -0.25) is 4.79 Å². The van der Waals surface area contributed by atoms with Crippen LogP contribution in [0.15, 0.2) is 22.7 Å². The lowest BCUT2D eigenvalue weighted by molar-refractivity contribution is 0.0887. The summed E-state index contributed by atoms with van der Waals surface area (Å²) in [5.74, 6) is -0.635. The van der Waals surface area contributed by atoms with Crippen LogP contribution in [0.1, 0.15) is 30.1 Å². The summed E-state index contributed by atoms with van der Waals surface area (Å²) in [5.41, 5.74) is 0.154. The Hall–Kier alpha value is -0.940. The topological polar surface area (TPSA) is 41.1 Å². The summed E-state index contributed by atoms with van der Waals surface area (Å²) in [7, 11) is 0. The van der Waals surface area contributed by atoms with Gasteiger partial charge < -0.3 is 10.6 Å². The minimum absolute atomic E-state index is 0.202. The number of amides is 1. The number of carbonyl (C=O) groups excluding carboxylic acids is 1. The molecule has 0 aliphatic carbocycles. The van der Waals surface area contributed by atoms with E-state index in [4.69, 9.17) is 0 Å². The third-order valence-corrected chi connectivity index (χ3v) is 3.95. The number of hydrogen-bond acceptors (Lipinski definition) is 2. The highest BCUT2D eigenvalue weighted by Gasteiger charge is 2.28. The van der Waals surface area contributed by atoms with Crippen LogP contribution in [0.25, 0.3) is 0 Å². The smallest absolute Gasteiger partial charge is 0.251 e. The van der Waals surface area contributed by atoms with Crippen LogP contribution in [-0.2, 0) is 0 Å². The summed E-state index contributed by atoms with van der Waals surface area (Å²) >= 11 is 3.07. The Bertz CT molecular complexity index is 458. The molecule has 98 valence electrons. The SMILES string of the molecule is CC1(NC(=O)c2ccc(Br)c(F)c2)CCNCC1. The molecule has 0 spiro atoms. The average Bonchev–Trinajstić information content (AvgIpc) is 2.33. The molecule has 2 N–H and O–H groups in total. The molecule has 1 saturated heterocycles. The number of hydrogen-bond donors (Lipinski definition) is 2. The second-order valence-corrected chi connectivity index (χ2v) is 5.75. The minimum Gasteiger partial charge on any atom is -0.347 e. The van der Waals surface area contributed by atoms with Crippen molar-refractivity contribution in [1.29, 1.82) is 0 Å². The molecule has 0 unspecified atom stereocenters. The fourth-order valence-corrected chi connectivity index (χ4v) is 2.33. The van der Waals surface area contributed by atoms with Crippen molar-refractivity contribution >= 4 is 21.8 Å². The van der Waals surface area contributed by atoms with Gasteiger partial charge in [0.2, 0.25) is 0 Å². The van der Waals surface area contributed by atoms with E-state index in [2.05, 4.69) is 26.6 Å². The molecule has 1 aliphatic heterocycles. The molecule has 1 fully saturated rings. The van der Waals surface area contributed by atoms with Crippen molar-refractivity contribution in [2.24, 2.45) is 0 Å². The lowest BCUT2D eigenvalue weighted by Gasteiger charge is -2.35. The molecule has 1 aliphatic rings. The van der Waals surface area contributed by atoms with Crippen molar-refractivity contribution in [2.45, 2.75) is 25.3 Å². The van der Waals surface area contributed by atoms with E-state index in [9.17, 15) is 9.18 Å². The Morgan fingerprint density at radius 1 is 1.44 bits per heavy atom. The average molecular weight is 315 g/mol. The molecule has 0 radical (unpaired) electrons. The molecule has 0 saturated carbocycles. The van der Waals surface area contributed by atoms with Gasteiger partial charge in [-0.05, 0) is 67.0 Å². The van der Waals surface area contributed by atoms with Crippen LogP contribution in [0.2, 0.25) is 0 Å². The van der Waals surface area contributed by atoms with E-state index in [0.717, 1.165) is 25.9 Å². The van der Waals surface area contributed by atoms with Crippen LogP contribution in [0.4, 0.5) is 4.39 Å². The lowest BCUT2D eigenvalue weighted by Crippen LogP contribution is -2.52. The molecule has 1 heterocycles. The lowest BCUT2D eigenvalue weighted by atomic mass is 9.90. The van der Waals surface area contributed by atoms with Crippen LogP contribution in [0, 0.1) is 5.82 Å². The number of carbonyl (C=O) groups is 1. The first-order valence-corrected chi connectivity index (χ1v) is 6.78. The van der Waals surface area contributed by atoms with Crippen LogP contribution >= 0.6 is 15.9 Å². The van der Waals surface area contributed by atoms with E-state index in [1.807, 2.05) is 6.92 Å². The van der Waals surface area contributed by atoms with Gasteiger partial charge in [-0.15, -0.1) is 0 Å². The fourth-order valence-electron chi connectivity index (χ4n) is 2.09. The number of piperidine rings is 1. The van der Waals surface area contributed by atoms with Gasteiger partial charge in [-0.25, -0.2) is 4.39 Å². The highest BCUT2D eigenvalue weighted by Crippen LogP contribution is 2.20. The first-order valence-electron chi connectivity index (χ1n) is 5.98. The summed E-state index contributed by atoms with van der Waals surface area (Å²) in [6.07, 6.45) is 1.77. The third-order valence-electron chi connectivity index (χ3n) is 3.30. The van der Waals surface area contributed by atoms with Crippen molar-refractivity contribution < 1.29 is 9.18 Å². The van der Waals surface area contributed by atoms with Gasteiger partial charge >= 0.3 is 0 Å². The zero-order chi connectivity index (χ0) is 13.2. The number of benzene rings is 1. The van der Waals surface area contributed by atoms with Gasteiger partial charge in [0.25, 0.3) is 5.91 Å².